The van der Waals surface area contributed by atoms with E-state index in [1.165, 1.54) is 0 Å². The topological polar surface area (TPSA) is 100 Å². The van der Waals surface area contributed by atoms with Gasteiger partial charge in [0.05, 0.1) is 12.2 Å². The minimum absolute atomic E-state index is 0. The molecule has 0 aliphatic heterocycles. The van der Waals surface area contributed by atoms with Crippen LogP contribution in [0.4, 0.5) is 19.1 Å². The van der Waals surface area contributed by atoms with E-state index in [2.05, 4.69) is 36.1 Å². The molecule has 2 aromatic rings. The lowest BCUT2D eigenvalue weighted by atomic mass is 10.1. The summed E-state index contributed by atoms with van der Waals surface area (Å²) in [5.41, 5.74) is 0.901. The van der Waals surface area contributed by atoms with Crippen LogP contribution < -0.4 is 16.0 Å². The summed E-state index contributed by atoms with van der Waals surface area (Å²) < 4.78 is 43.4. The van der Waals surface area contributed by atoms with Crippen molar-refractivity contribution in [3.8, 4) is 0 Å². The van der Waals surface area contributed by atoms with Gasteiger partial charge >= 0.3 is 6.18 Å². The van der Waals surface area contributed by atoms with E-state index in [9.17, 15) is 13.2 Å². The van der Waals surface area contributed by atoms with Crippen LogP contribution in [0.3, 0.4) is 0 Å². The molecule has 2 rings (SSSR count). The summed E-state index contributed by atoms with van der Waals surface area (Å²) in [4.78, 5) is 11.8. The Labute approximate surface area is 190 Å². The number of guanidine groups is 1. The van der Waals surface area contributed by atoms with Gasteiger partial charge in [0.2, 0.25) is 5.95 Å². The molecule has 0 bridgehead atoms. The first-order valence-corrected chi connectivity index (χ1v) is 9.51. The molecule has 0 aliphatic carbocycles. The summed E-state index contributed by atoms with van der Waals surface area (Å²) in [6.07, 6.45) is -1.92. The van der Waals surface area contributed by atoms with Crippen molar-refractivity contribution in [2.45, 2.75) is 46.3 Å². The van der Waals surface area contributed by atoms with Crippen LogP contribution in [0.5, 0.6) is 0 Å². The Morgan fingerprint density at radius 3 is 2.53 bits per heavy atom. The van der Waals surface area contributed by atoms with Crippen LogP contribution in [-0.4, -0.2) is 40.7 Å². The van der Waals surface area contributed by atoms with Gasteiger partial charge in [-0.1, -0.05) is 19.0 Å². The third-order valence-corrected chi connectivity index (χ3v) is 3.99. The van der Waals surface area contributed by atoms with Gasteiger partial charge in [-0.25, -0.2) is 15.0 Å². The number of hydrogen-bond acceptors (Lipinski definition) is 6. The summed E-state index contributed by atoms with van der Waals surface area (Å²) in [5, 5.41) is 13.1. The minimum Gasteiger partial charge on any atom is -0.361 e. The minimum atomic E-state index is -4.50. The summed E-state index contributed by atoms with van der Waals surface area (Å²) in [5.74, 6) is 1.34. The molecule has 0 aromatic carbocycles. The first-order chi connectivity index (χ1) is 13.9. The second-order valence-electron chi connectivity index (χ2n) is 6.05. The SMILES string of the molecule is CCNC(=NCc1c(CC)noc1CC)NCCNc1nccc(C(F)(F)F)n1.I. The van der Waals surface area contributed by atoms with Crippen molar-refractivity contribution in [2.24, 2.45) is 4.99 Å². The Kier molecular flexibility index (Phi) is 10.8. The fourth-order valence-electron chi connectivity index (χ4n) is 2.57. The Morgan fingerprint density at radius 1 is 1.13 bits per heavy atom. The molecule has 0 spiro atoms. The molecule has 0 atom stereocenters. The van der Waals surface area contributed by atoms with Gasteiger partial charge in [-0.3, -0.25) is 0 Å². The van der Waals surface area contributed by atoms with E-state index in [1.54, 1.807) is 0 Å². The van der Waals surface area contributed by atoms with Crippen LogP contribution in [-0.2, 0) is 25.6 Å². The normalized spacial score (nSPS) is 11.7. The molecule has 0 unspecified atom stereocenters. The maximum absolute atomic E-state index is 12.7. The van der Waals surface area contributed by atoms with E-state index in [-0.39, 0.29) is 29.9 Å². The van der Waals surface area contributed by atoms with Gasteiger partial charge in [0.25, 0.3) is 0 Å². The van der Waals surface area contributed by atoms with E-state index in [4.69, 9.17) is 4.52 Å². The average Bonchev–Trinajstić information content (AvgIpc) is 3.10. The number of aromatic nitrogens is 3. The zero-order chi connectivity index (χ0) is 21.3. The van der Waals surface area contributed by atoms with Crippen molar-refractivity contribution in [3.63, 3.8) is 0 Å². The average molecular weight is 541 g/mol. The molecule has 168 valence electrons. The Bertz CT molecular complexity index is 790. The zero-order valence-corrected chi connectivity index (χ0v) is 19.5. The second kappa shape index (κ2) is 12.5. The first-order valence-electron chi connectivity index (χ1n) is 9.51. The zero-order valence-electron chi connectivity index (χ0n) is 17.1. The quantitative estimate of drug-likeness (QED) is 0.194. The molecule has 8 nitrogen and oxygen atoms in total. The fraction of sp³-hybridized carbons (Fsp3) is 0.556. The first kappa shape index (κ1) is 25.9. The predicted octanol–water partition coefficient (Wildman–Crippen LogP) is 3.39. The van der Waals surface area contributed by atoms with Crippen LogP contribution in [0, 0.1) is 0 Å². The number of nitrogens with one attached hydrogen (secondary N) is 3. The summed E-state index contributed by atoms with van der Waals surface area (Å²) >= 11 is 0. The highest BCUT2D eigenvalue weighted by molar-refractivity contribution is 14.0. The molecule has 0 radical (unpaired) electrons. The molecule has 0 saturated carbocycles. The lowest BCUT2D eigenvalue weighted by molar-refractivity contribution is -0.141. The van der Waals surface area contributed by atoms with E-state index in [0.717, 1.165) is 42.1 Å². The van der Waals surface area contributed by atoms with Crippen LogP contribution >= 0.6 is 24.0 Å². The number of anilines is 1. The smallest absolute Gasteiger partial charge is 0.361 e. The van der Waals surface area contributed by atoms with Crippen molar-refractivity contribution < 1.29 is 17.7 Å². The number of rotatable bonds is 9. The standard InChI is InChI=1S/C18H26F3N7O.HI/c1-4-13-12(14(5-2)29-28-13)11-26-16(22-6-3)24-9-10-25-17-23-8-7-15(27-17)18(19,20)21;/h7-8H,4-6,9-11H2,1-3H3,(H2,22,24,26)(H,23,25,27);1H. The Hall–Kier alpha value is -2.12. The van der Waals surface area contributed by atoms with Crippen molar-refractivity contribution in [2.75, 3.05) is 25.0 Å². The monoisotopic (exact) mass is 541 g/mol. The van der Waals surface area contributed by atoms with Gasteiger partial charge < -0.3 is 20.5 Å². The molecule has 0 aliphatic rings. The van der Waals surface area contributed by atoms with Gasteiger partial charge in [0, 0.05) is 37.8 Å². The second-order valence-corrected chi connectivity index (χ2v) is 6.05. The molecule has 30 heavy (non-hydrogen) atoms. The van der Waals surface area contributed by atoms with Gasteiger partial charge in [-0.2, -0.15) is 13.2 Å². The highest BCUT2D eigenvalue weighted by Gasteiger charge is 2.32. The van der Waals surface area contributed by atoms with Crippen LogP contribution in [0.15, 0.2) is 21.8 Å². The molecule has 0 fully saturated rings. The largest absolute Gasteiger partial charge is 0.433 e. The molecule has 12 heteroatoms. The third-order valence-electron chi connectivity index (χ3n) is 3.99. The predicted molar refractivity (Wildman–Crippen MR) is 119 cm³/mol. The molecule has 2 heterocycles. The van der Waals surface area contributed by atoms with Crippen molar-refractivity contribution in [3.05, 3.63) is 35.0 Å². The van der Waals surface area contributed by atoms with Gasteiger partial charge in [0.15, 0.2) is 5.96 Å². The van der Waals surface area contributed by atoms with E-state index in [0.29, 0.717) is 32.1 Å². The number of aryl methyl sites for hydroxylation is 2. The van der Waals surface area contributed by atoms with Crippen molar-refractivity contribution in [1.82, 2.24) is 25.8 Å². The number of alkyl halides is 3. The highest BCUT2D eigenvalue weighted by Crippen LogP contribution is 2.27. The number of halogens is 4. The van der Waals surface area contributed by atoms with E-state index in [1.807, 2.05) is 20.8 Å². The number of aliphatic imine (C=N–C) groups is 1. The third kappa shape index (κ3) is 7.61. The highest BCUT2D eigenvalue weighted by atomic mass is 127. The lowest BCUT2D eigenvalue weighted by Crippen LogP contribution is -2.39. The van der Waals surface area contributed by atoms with E-state index >= 15 is 0 Å². The van der Waals surface area contributed by atoms with E-state index < -0.39 is 11.9 Å². The van der Waals surface area contributed by atoms with Crippen molar-refractivity contribution in [1.29, 1.82) is 0 Å². The summed E-state index contributed by atoms with van der Waals surface area (Å²) in [6.45, 7) is 7.78. The molecule has 2 aromatic heterocycles. The maximum atomic E-state index is 12.7. The molecular weight excluding hydrogens is 514 g/mol. The van der Waals surface area contributed by atoms with Gasteiger partial charge in [-0.05, 0) is 19.4 Å². The number of hydrogen-bond donors (Lipinski definition) is 3. The molecule has 0 amide bonds. The Balaban J connectivity index is 0.00000450. The summed E-state index contributed by atoms with van der Waals surface area (Å²) in [7, 11) is 0. The van der Waals surface area contributed by atoms with Crippen LogP contribution in [0.1, 0.15) is 43.5 Å². The lowest BCUT2D eigenvalue weighted by Gasteiger charge is -2.12. The number of nitrogens with zero attached hydrogens (tertiary/aromatic N) is 4. The van der Waals surface area contributed by atoms with Gasteiger partial charge in [-0.15, -0.1) is 24.0 Å². The Morgan fingerprint density at radius 2 is 1.90 bits per heavy atom. The molecular formula is C18H27F3IN7O. The molecule has 0 saturated heterocycles. The summed E-state index contributed by atoms with van der Waals surface area (Å²) in [6, 6.07) is 0.833. The van der Waals surface area contributed by atoms with Crippen LogP contribution in [0.25, 0.3) is 0 Å². The van der Waals surface area contributed by atoms with Gasteiger partial charge in [0.1, 0.15) is 11.5 Å². The van der Waals surface area contributed by atoms with Crippen LogP contribution in [0.2, 0.25) is 0 Å². The fourth-order valence-corrected chi connectivity index (χ4v) is 2.57. The maximum Gasteiger partial charge on any atom is 0.433 e. The molecule has 3 N–H and O–H groups in total. The van der Waals surface area contributed by atoms with Crippen molar-refractivity contribution >= 4 is 35.9 Å².